The van der Waals surface area contributed by atoms with Crippen molar-refractivity contribution in [2.24, 2.45) is 0 Å². The molecule has 1 aromatic carbocycles. The van der Waals surface area contributed by atoms with E-state index in [1.807, 2.05) is 19.1 Å². The predicted molar refractivity (Wildman–Crippen MR) is 134 cm³/mol. The maximum atomic E-state index is 11.7. The first-order valence-electron chi connectivity index (χ1n) is 12.1. The minimum atomic E-state index is -3.26. The Balaban J connectivity index is 1.20. The molecular weight excluding hydrogens is 466 g/mol. The number of likely N-dealkylation sites (tertiary alicyclic amines) is 1. The van der Waals surface area contributed by atoms with Gasteiger partial charge in [0, 0.05) is 56.3 Å². The van der Waals surface area contributed by atoms with Crippen LogP contribution in [0.25, 0.3) is 5.76 Å². The van der Waals surface area contributed by atoms with Gasteiger partial charge < -0.3 is 24.4 Å². The molecule has 2 fully saturated rings. The molecular formula is C26H33N3O5S. The molecule has 1 N–H and O–H groups in total. The number of morpholine rings is 1. The van der Waals surface area contributed by atoms with E-state index in [0.29, 0.717) is 25.5 Å². The van der Waals surface area contributed by atoms with E-state index in [1.54, 1.807) is 12.1 Å². The van der Waals surface area contributed by atoms with Crippen molar-refractivity contribution in [2.45, 2.75) is 43.0 Å². The first-order chi connectivity index (χ1) is 16.7. The molecule has 9 heteroatoms. The number of benzene rings is 1. The first kappa shape index (κ1) is 24.2. The zero-order valence-corrected chi connectivity index (χ0v) is 21.2. The molecule has 35 heavy (non-hydrogen) atoms. The third kappa shape index (κ3) is 4.82. The van der Waals surface area contributed by atoms with E-state index in [4.69, 9.17) is 9.47 Å². The molecule has 1 atom stereocenters. The monoisotopic (exact) mass is 499 g/mol. The summed E-state index contributed by atoms with van der Waals surface area (Å²) in [7, 11) is -3.26. The standard InChI is InChI=1S/C26H33N3O5S/c1-18-21(5-6-22-19(2)33-16-23(18)22)24(30)15-28-10-8-26(9-11-28)17-29(12-13-34-26)25-7-4-20(14-27-25)35(3,31)32/h4-7,14,24,30H,2,8-13,15-17H2,1,3H3/t24-/m0/s1. The molecule has 0 radical (unpaired) electrons. The predicted octanol–water partition coefficient (Wildman–Crippen LogP) is 2.70. The van der Waals surface area contributed by atoms with Gasteiger partial charge in [0.05, 0.1) is 23.2 Å². The van der Waals surface area contributed by atoms with E-state index in [2.05, 4.69) is 21.4 Å². The van der Waals surface area contributed by atoms with E-state index in [1.165, 1.54) is 12.5 Å². The number of β-amino-alcohol motifs (C(OH)–C–C–N with tert-alkyl or cyclic N) is 1. The van der Waals surface area contributed by atoms with Gasteiger partial charge in [0.1, 0.15) is 18.2 Å². The summed E-state index contributed by atoms with van der Waals surface area (Å²) in [6.07, 6.45) is 3.79. The number of anilines is 1. The number of rotatable bonds is 5. The minimum absolute atomic E-state index is 0.229. The second-order valence-corrected chi connectivity index (χ2v) is 11.9. The molecule has 0 bridgehead atoms. The van der Waals surface area contributed by atoms with E-state index in [-0.39, 0.29) is 10.5 Å². The Bertz CT molecular complexity index is 1220. The molecule has 0 unspecified atom stereocenters. The molecule has 8 nitrogen and oxygen atoms in total. The third-order valence-electron chi connectivity index (χ3n) is 7.61. The molecule has 2 aromatic rings. The summed E-state index contributed by atoms with van der Waals surface area (Å²) in [5.74, 6) is 1.48. The van der Waals surface area contributed by atoms with Crippen LogP contribution in [0, 0.1) is 6.92 Å². The van der Waals surface area contributed by atoms with Gasteiger partial charge in [0.15, 0.2) is 9.84 Å². The van der Waals surface area contributed by atoms with Crippen LogP contribution < -0.4 is 4.90 Å². The van der Waals surface area contributed by atoms with Gasteiger partial charge in [-0.05, 0) is 43.0 Å². The van der Waals surface area contributed by atoms with Crippen LogP contribution in [0.2, 0.25) is 0 Å². The number of aliphatic hydroxyl groups excluding tert-OH is 1. The number of ether oxygens (including phenoxy) is 2. The van der Waals surface area contributed by atoms with Crippen LogP contribution in [-0.2, 0) is 25.9 Å². The second kappa shape index (κ2) is 9.20. The maximum absolute atomic E-state index is 11.7. The van der Waals surface area contributed by atoms with Crippen LogP contribution in [0.4, 0.5) is 5.82 Å². The fourth-order valence-corrected chi connectivity index (χ4v) is 5.99. The van der Waals surface area contributed by atoms with Crippen LogP contribution in [0.5, 0.6) is 0 Å². The minimum Gasteiger partial charge on any atom is -0.489 e. The quantitative estimate of drug-likeness (QED) is 0.672. The second-order valence-electron chi connectivity index (χ2n) is 9.91. The number of aliphatic hydroxyl groups is 1. The van der Waals surface area contributed by atoms with Gasteiger partial charge in [-0.3, -0.25) is 0 Å². The third-order valence-corrected chi connectivity index (χ3v) is 8.71. The van der Waals surface area contributed by atoms with Crippen molar-refractivity contribution < 1.29 is 23.0 Å². The maximum Gasteiger partial charge on any atom is 0.177 e. The molecule has 5 rings (SSSR count). The highest BCUT2D eigenvalue weighted by Gasteiger charge is 2.40. The van der Waals surface area contributed by atoms with E-state index in [9.17, 15) is 13.5 Å². The lowest BCUT2D eigenvalue weighted by Gasteiger charge is -2.47. The van der Waals surface area contributed by atoms with Crippen LogP contribution in [-0.4, -0.2) is 74.6 Å². The number of nitrogens with zero attached hydrogens (tertiary/aromatic N) is 3. The Labute approximate surface area is 207 Å². The molecule has 188 valence electrons. The van der Waals surface area contributed by atoms with Gasteiger partial charge in [-0.25, -0.2) is 13.4 Å². The zero-order valence-electron chi connectivity index (χ0n) is 20.4. The van der Waals surface area contributed by atoms with Crippen LogP contribution >= 0.6 is 0 Å². The number of hydrogen-bond donors (Lipinski definition) is 1. The van der Waals surface area contributed by atoms with Gasteiger partial charge >= 0.3 is 0 Å². The molecule has 3 aliphatic heterocycles. The highest BCUT2D eigenvalue weighted by Crippen LogP contribution is 2.36. The molecule has 1 aromatic heterocycles. The molecule has 2 saturated heterocycles. The van der Waals surface area contributed by atoms with Crippen molar-refractivity contribution in [1.29, 1.82) is 0 Å². The van der Waals surface area contributed by atoms with Gasteiger partial charge in [0.25, 0.3) is 0 Å². The molecule has 3 aliphatic rings. The number of pyridine rings is 1. The number of hydrogen-bond acceptors (Lipinski definition) is 8. The Hall–Kier alpha value is -2.46. The fourth-order valence-electron chi connectivity index (χ4n) is 5.43. The molecule has 0 saturated carbocycles. The molecule has 1 spiro atoms. The fraction of sp³-hybridized carbons (Fsp3) is 0.500. The average Bonchev–Trinajstić information content (AvgIpc) is 3.22. The van der Waals surface area contributed by atoms with Gasteiger partial charge in [-0.1, -0.05) is 18.7 Å². The number of piperidine rings is 1. The SMILES string of the molecule is C=C1OCc2c1ccc([C@@H](O)CN1CCC3(CC1)CN(c1ccc(S(C)(=O)=O)cn1)CCO3)c2C. The van der Waals surface area contributed by atoms with Gasteiger partial charge in [-0.15, -0.1) is 0 Å². The largest absolute Gasteiger partial charge is 0.489 e. The number of fused-ring (bicyclic) bond motifs is 1. The summed E-state index contributed by atoms with van der Waals surface area (Å²) < 4.78 is 35.3. The lowest BCUT2D eigenvalue weighted by atomic mass is 9.88. The lowest BCUT2D eigenvalue weighted by molar-refractivity contribution is -0.0944. The summed E-state index contributed by atoms with van der Waals surface area (Å²) in [5, 5.41) is 11.0. The number of sulfone groups is 1. The van der Waals surface area contributed by atoms with Gasteiger partial charge in [-0.2, -0.15) is 0 Å². The van der Waals surface area contributed by atoms with Crippen molar-refractivity contribution >= 4 is 21.4 Å². The van der Waals surface area contributed by atoms with Crippen molar-refractivity contribution in [3.8, 4) is 0 Å². The summed E-state index contributed by atoms with van der Waals surface area (Å²) in [5.41, 5.74) is 3.95. The lowest BCUT2D eigenvalue weighted by Crippen LogP contribution is -2.57. The Morgan fingerprint density at radius 2 is 1.97 bits per heavy atom. The van der Waals surface area contributed by atoms with E-state index >= 15 is 0 Å². The van der Waals surface area contributed by atoms with E-state index in [0.717, 1.165) is 67.1 Å². The highest BCUT2D eigenvalue weighted by molar-refractivity contribution is 7.90. The van der Waals surface area contributed by atoms with Crippen molar-refractivity contribution in [3.63, 3.8) is 0 Å². The summed E-state index contributed by atoms with van der Waals surface area (Å²) in [6.45, 7) is 10.8. The summed E-state index contributed by atoms with van der Waals surface area (Å²) in [4.78, 5) is 9.12. The van der Waals surface area contributed by atoms with E-state index < -0.39 is 15.9 Å². The van der Waals surface area contributed by atoms with Crippen molar-refractivity contribution in [1.82, 2.24) is 9.88 Å². The smallest absolute Gasteiger partial charge is 0.177 e. The number of aromatic nitrogens is 1. The topological polar surface area (TPSA) is 92.2 Å². The Morgan fingerprint density at radius 1 is 1.20 bits per heavy atom. The van der Waals surface area contributed by atoms with Crippen LogP contribution in [0.1, 0.15) is 41.2 Å². The average molecular weight is 500 g/mol. The van der Waals surface area contributed by atoms with Crippen molar-refractivity contribution in [2.75, 3.05) is 50.5 Å². The van der Waals surface area contributed by atoms with Crippen LogP contribution in [0.3, 0.4) is 0 Å². The normalized spacial score (nSPS) is 21.1. The Morgan fingerprint density at radius 3 is 2.66 bits per heavy atom. The van der Waals surface area contributed by atoms with Crippen LogP contribution in [0.15, 0.2) is 41.9 Å². The zero-order chi connectivity index (χ0) is 24.8. The highest BCUT2D eigenvalue weighted by atomic mass is 32.2. The van der Waals surface area contributed by atoms with Gasteiger partial charge in [0.2, 0.25) is 0 Å². The first-order valence-corrected chi connectivity index (χ1v) is 13.9. The Kier molecular flexibility index (Phi) is 6.37. The van der Waals surface area contributed by atoms with Crippen molar-refractivity contribution in [3.05, 3.63) is 59.3 Å². The summed E-state index contributed by atoms with van der Waals surface area (Å²) in [6, 6.07) is 7.39. The molecule has 4 heterocycles. The summed E-state index contributed by atoms with van der Waals surface area (Å²) >= 11 is 0. The molecule has 0 aliphatic carbocycles. The molecule has 0 amide bonds.